The molecule has 0 saturated carbocycles. The predicted molar refractivity (Wildman–Crippen MR) is 36.8 cm³/mol. The van der Waals surface area contributed by atoms with Crippen LogP contribution in [0.15, 0.2) is 35.6 Å². The third-order valence-electron chi connectivity index (χ3n) is 1.14. The van der Waals surface area contributed by atoms with Crippen molar-refractivity contribution in [3.63, 3.8) is 0 Å². The number of aliphatic hydroxyl groups excluding tert-OH is 1. The number of hydrogen-bond acceptors (Lipinski definition) is 1. The van der Waals surface area contributed by atoms with E-state index in [0.717, 1.165) is 11.8 Å². The third-order valence-corrected chi connectivity index (χ3v) is 1.14. The Balaban J connectivity index is 2.95. The van der Waals surface area contributed by atoms with Crippen molar-refractivity contribution in [3.05, 3.63) is 35.6 Å². The van der Waals surface area contributed by atoms with Crippen LogP contribution < -0.4 is 0 Å². The molecule has 0 saturated heterocycles. The van der Waals surface area contributed by atoms with Gasteiger partial charge in [-0.15, -0.1) is 6.42 Å². The minimum atomic E-state index is 0.706. The van der Waals surface area contributed by atoms with Gasteiger partial charge in [-0.3, -0.25) is 0 Å². The molecule has 0 aromatic carbocycles. The van der Waals surface area contributed by atoms with Gasteiger partial charge in [0.1, 0.15) is 0 Å². The minimum Gasteiger partial charge on any atom is -0.515 e. The molecule has 0 aliphatic heterocycles. The van der Waals surface area contributed by atoms with E-state index in [1.165, 1.54) is 0 Å². The Morgan fingerprint density at radius 1 is 1.67 bits per heavy atom. The highest BCUT2D eigenvalue weighted by Crippen LogP contribution is 2.15. The second-order valence-corrected chi connectivity index (χ2v) is 1.67. The monoisotopic (exact) mass is 118 g/mol. The van der Waals surface area contributed by atoms with Gasteiger partial charge < -0.3 is 5.11 Å². The maximum absolute atomic E-state index is 8.52. The van der Waals surface area contributed by atoms with Gasteiger partial charge in [0.25, 0.3) is 0 Å². The van der Waals surface area contributed by atoms with Crippen molar-refractivity contribution in [2.75, 3.05) is 0 Å². The second-order valence-electron chi connectivity index (χ2n) is 1.67. The van der Waals surface area contributed by atoms with E-state index in [1.54, 1.807) is 18.2 Å². The maximum atomic E-state index is 8.52. The summed E-state index contributed by atoms with van der Waals surface area (Å²) in [4.78, 5) is 0. The Bertz CT molecular complexity index is 236. The van der Waals surface area contributed by atoms with Gasteiger partial charge in [0, 0.05) is 11.1 Å². The molecule has 0 radical (unpaired) electrons. The molecule has 0 atom stereocenters. The van der Waals surface area contributed by atoms with Crippen molar-refractivity contribution in [3.8, 4) is 12.3 Å². The van der Waals surface area contributed by atoms with E-state index in [4.69, 9.17) is 11.5 Å². The Hall–Kier alpha value is -1.42. The lowest BCUT2D eigenvalue weighted by atomic mass is 10.2. The van der Waals surface area contributed by atoms with Crippen molar-refractivity contribution < 1.29 is 5.11 Å². The van der Waals surface area contributed by atoms with Gasteiger partial charge in [-0.1, -0.05) is 18.1 Å². The molecule has 0 unspecified atom stereocenters. The molecule has 1 nitrogen and oxygen atoms in total. The molecule has 0 bridgehead atoms. The molecular formula is C8H6O. The second kappa shape index (κ2) is 2.23. The van der Waals surface area contributed by atoms with E-state index >= 15 is 0 Å². The van der Waals surface area contributed by atoms with Gasteiger partial charge in [-0.25, -0.2) is 0 Å². The molecule has 1 heteroatoms. The lowest BCUT2D eigenvalue weighted by molar-refractivity contribution is 0.470. The number of rotatable bonds is 0. The van der Waals surface area contributed by atoms with Crippen LogP contribution in [0.2, 0.25) is 0 Å². The zero-order valence-corrected chi connectivity index (χ0v) is 4.83. The molecule has 1 N–H and O–H groups in total. The molecule has 0 heterocycles. The number of hydrogen-bond donors (Lipinski definition) is 1. The van der Waals surface area contributed by atoms with Gasteiger partial charge in [0.2, 0.25) is 0 Å². The molecule has 44 valence electrons. The van der Waals surface area contributed by atoms with Crippen molar-refractivity contribution in [1.82, 2.24) is 0 Å². The predicted octanol–water partition coefficient (Wildman–Crippen LogP) is 1.56. The van der Waals surface area contributed by atoms with E-state index < -0.39 is 0 Å². The summed E-state index contributed by atoms with van der Waals surface area (Å²) in [5.41, 5.74) is 1.44. The summed E-state index contributed by atoms with van der Waals surface area (Å²) < 4.78 is 0. The van der Waals surface area contributed by atoms with Crippen LogP contribution in [0.5, 0.6) is 0 Å². The maximum Gasteiger partial charge on any atom is 0.0876 e. The minimum absolute atomic E-state index is 0.706. The summed E-state index contributed by atoms with van der Waals surface area (Å²) in [6, 6.07) is 0. The summed E-state index contributed by atoms with van der Waals surface area (Å²) in [5, 5.41) is 8.52. The zero-order valence-electron chi connectivity index (χ0n) is 4.83. The lowest BCUT2D eigenvalue weighted by Crippen LogP contribution is -1.76. The average Bonchev–Trinajstić information content (AvgIpc) is 2.33. The van der Waals surface area contributed by atoms with Gasteiger partial charge in [-0.2, -0.15) is 0 Å². The number of terminal acetylenes is 1. The fourth-order valence-electron chi connectivity index (χ4n) is 0.678. The lowest BCUT2D eigenvalue weighted by Gasteiger charge is -1.89. The largest absolute Gasteiger partial charge is 0.515 e. The first-order valence-electron chi connectivity index (χ1n) is 2.58. The highest BCUT2D eigenvalue weighted by Gasteiger charge is 2.00. The summed E-state index contributed by atoms with van der Waals surface area (Å²) in [5.74, 6) is 2.44. The molecule has 0 amide bonds. The first-order valence-corrected chi connectivity index (χ1v) is 2.58. The third kappa shape index (κ3) is 0.872. The van der Waals surface area contributed by atoms with Crippen molar-refractivity contribution >= 4 is 0 Å². The van der Waals surface area contributed by atoms with Crippen molar-refractivity contribution in [1.29, 1.82) is 0 Å². The number of aliphatic hydroxyl groups is 1. The molecule has 0 spiro atoms. The molecular weight excluding hydrogens is 112 g/mol. The van der Waals surface area contributed by atoms with Crippen molar-refractivity contribution in [2.24, 2.45) is 0 Å². The highest BCUT2D eigenvalue weighted by molar-refractivity contribution is 5.55. The van der Waals surface area contributed by atoms with E-state index in [-0.39, 0.29) is 0 Å². The fraction of sp³-hybridized carbons (Fsp3) is 0. The van der Waals surface area contributed by atoms with Crippen LogP contribution in [-0.2, 0) is 0 Å². The standard InChI is InChI=1S/C8H6O/c1-2-7-4-3-5-8(7)6-9/h1,3-6,9H/b8-6+. The van der Waals surface area contributed by atoms with Crippen LogP contribution in [0.25, 0.3) is 0 Å². The molecule has 0 aromatic heterocycles. The van der Waals surface area contributed by atoms with Crippen LogP contribution in [0.1, 0.15) is 0 Å². The molecule has 1 aliphatic rings. The topological polar surface area (TPSA) is 20.2 Å². The van der Waals surface area contributed by atoms with Crippen molar-refractivity contribution in [2.45, 2.75) is 0 Å². The molecule has 1 rings (SSSR count). The first kappa shape index (κ1) is 5.71. The summed E-state index contributed by atoms with van der Waals surface area (Å²) in [6.45, 7) is 0. The summed E-state index contributed by atoms with van der Waals surface area (Å²) in [7, 11) is 0. The zero-order chi connectivity index (χ0) is 6.69. The van der Waals surface area contributed by atoms with Crippen LogP contribution in [0.4, 0.5) is 0 Å². The first-order chi connectivity index (χ1) is 4.38. The Labute approximate surface area is 54.0 Å². The normalized spacial score (nSPS) is 19.9. The van der Waals surface area contributed by atoms with Crippen LogP contribution in [0.3, 0.4) is 0 Å². The number of allylic oxidation sites excluding steroid dienone is 5. The highest BCUT2D eigenvalue weighted by atomic mass is 16.2. The van der Waals surface area contributed by atoms with Crippen LogP contribution in [0, 0.1) is 12.3 Å². The Morgan fingerprint density at radius 2 is 2.44 bits per heavy atom. The van der Waals surface area contributed by atoms with E-state index in [2.05, 4.69) is 5.92 Å². The van der Waals surface area contributed by atoms with Gasteiger partial charge in [-0.05, 0) is 6.08 Å². The molecule has 0 aromatic rings. The smallest absolute Gasteiger partial charge is 0.0876 e. The van der Waals surface area contributed by atoms with Gasteiger partial charge in [0.15, 0.2) is 0 Å². The quantitative estimate of drug-likeness (QED) is 0.378. The Morgan fingerprint density at radius 3 is 2.89 bits per heavy atom. The fourth-order valence-corrected chi connectivity index (χ4v) is 0.678. The van der Waals surface area contributed by atoms with E-state index in [1.807, 2.05) is 0 Å². The molecule has 0 fully saturated rings. The van der Waals surface area contributed by atoms with Gasteiger partial charge >= 0.3 is 0 Å². The van der Waals surface area contributed by atoms with E-state index in [0.29, 0.717) is 5.57 Å². The SMILES string of the molecule is C#CC1=CC=C/C1=C\O. The van der Waals surface area contributed by atoms with Crippen LogP contribution in [-0.4, -0.2) is 5.11 Å². The van der Waals surface area contributed by atoms with Gasteiger partial charge in [0.05, 0.1) is 6.26 Å². The van der Waals surface area contributed by atoms with Crippen LogP contribution >= 0.6 is 0 Å². The Kier molecular flexibility index (Phi) is 1.42. The average molecular weight is 118 g/mol. The molecule has 1 aliphatic carbocycles. The van der Waals surface area contributed by atoms with E-state index in [9.17, 15) is 0 Å². The summed E-state index contributed by atoms with van der Waals surface area (Å²) in [6.07, 6.45) is 11.4. The molecule has 9 heavy (non-hydrogen) atoms. The summed E-state index contributed by atoms with van der Waals surface area (Å²) >= 11 is 0.